The van der Waals surface area contributed by atoms with Gasteiger partial charge in [0.2, 0.25) is 5.91 Å². The first kappa shape index (κ1) is 13.8. The van der Waals surface area contributed by atoms with E-state index < -0.39 is 0 Å². The second-order valence-corrected chi connectivity index (χ2v) is 5.78. The summed E-state index contributed by atoms with van der Waals surface area (Å²) in [7, 11) is 0. The number of hydrogen-bond acceptors (Lipinski definition) is 3. The van der Waals surface area contributed by atoms with Crippen LogP contribution in [-0.4, -0.2) is 20.7 Å². The lowest BCUT2D eigenvalue weighted by Gasteiger charge is -2.09. The Labute approximate surface area is 132 Å². The number of aromatic nitrogens is 3. The molecule has 0 bridgehead atoms. The summed E-state index contributed by atoms with van der Waals surface area (Å²) in [6.45, 7) is 0.158. The predicted molar refractivity (Wildman–Crippen MR) is 87.5 cm³/mol. The molecule has 116 valence electrons. The van der Waals surface area contributed by atoms with E-state index in [2.05, 4.69) is 15.4 Å². The van der Waals surface area contributed by atoms with Gasteiger partial charge in [-0.25, -0.2) is 0 Å². The molecule has 3 aromatic rings. The summed E-state index contributed by atoms with van der Waals surface area (Å²) in [6, 6.07) is 7.43. The molecule has 6 nitrogen and oxygen atoms in total. The summed E-state index contributed by atoms with van der Waals surface area (Å²) in [6.07, 6.45) is 6.19. The Morgan fingerprint density at radius 1 is 1.30 bits per heavy atom. The molecule has 2 N–H and O–H groups in total. The zero-order valence-corrected chi connectivity index (χ0v) is 12.5. The maximum absolute atomic E-state index is 12.1. The number of nitrogens with zero attached hydrogens (tertiary/aromatic N) is 2. The number of rotatable bonds is 3. The normalized spacial score (nSPS) is 13.2. The Morgan fingerprint density at radius 2 is 2.17 bits per heavy atom. The van der Waals surface area contributed by atoms with E-state index in [1.165, 1.54) is 0 Å². The van der Waals surface area contributed by atoms with Crippen molar-refractivity contribution in [2.45, 2.75) is 25.8 Å². The van der Waals surface area contributed by atoms with E-state index in [4.69, 9.17) is 0 Å². The lowest BCUT2D eigenvalue weighted by molar-refractivity contribution is -0.116. The summed E-state index contributed by atoms with van der Waals surface area (Å²) in [5.74, 6) is -0.156. The first-order chi connectivity index (χ1) is 11.2. The van der Waals surface area contributed by atoms with Crippen LogP contribution in [0.1, 0.15) is 17.5 Å². The van der Waals surface area contributed by atoms with Crippen molar-refractivity contribution in [2.24, 2.45) is 0 Å². The van der Waals surface area contributed by atoms with Crippen LogP contribution in [0.25, 0.3) is 10.9 Å². The number of aryl methyl sites for hydroxylation is 1. The molecule has 2 heterocycles. The van der Waals surface area contributed by atoms with Crippen LogP contribution in [0.5, 0.6) is 0 Å². The first-order valence-electron chi connectivity index (χ1n) is 7.66. The fourth-order valence-corrected chi connectivity index (χ4v) is 3.22. The van der Waals surface area contributed by atoms with E-state index in [-0.39, 0.29) is 18.0 Å². The van der Waals surface area contributed by atoms with Gasteiger partial charge in [0, 0.05) is 29.0 Å². The van der Waals surface area contributed by atoms with Gasteiger partial charge in [-0.05, 0) is 43.0 Å². The van der Waals surface area contributed by atoms with Gasteiger partial charge in [-0.2, -0.15) is 5.10 Å². The van der Waals surface area contributed by atoms with Crippen LogP contribution in [0.3, 0.4) is 0 Å². The van der Waals surface area contributed by atoms with Crippen molar-refractivity contribution >= 4 is 22.5 Å². The minimum Gasteiger partial charge on any atom is -0.324 e. The third-order valence-corrected chi connectivity index (χ3v) is 4.23. The van der Waals surface area contributed by atoms with Crippen LogP contribution in [0.2, 0.25) is 0 Å². The molecule has 1 amide bonds. The van der Waals surface area contributed by atoms with Gasteiger partial charge in [0.1, 0.15) is 6.54 Å². The van der Waals surface area contributed by atoms with E-state index in [1.807, 2.05) is 18.2 Å². The number of aromatic amines is 1. The SMILES string of the molecule is O=C(Cn1cccn1)Nc1ccc2c3c(c(=O)[nH]c2c1)CCC3. The van der Waals surface area contributed by atoms with Gasteiger partial charge in [-0.1, -0.05) is 6.07 Å². The van der Waals surface area contributed by atoms with Gasteiger partial charge >= 0.3 is 0 Å². The zero-order chi connectivity index (χ0) is 15.8. The molecule has 0 unspecified atom stereocenters. The van der Waals surface area contributed by atoms with E-state index >= 15 is 0 Å². The van der Waals surface area contributed by atoms with Crippen molar-refractivity contribution in [1.29, 1.82) is 0 Å². The number of nitrogens with one attached hydrogen (secondary N) is 2. The van der Waals surface area contributed by atoms with Gasteiger partial charge in [-0.15, -0.1) is 0 Å². The number of carbonyl (C=O) groups is 1. The van der Waals surface area contributed by atoms with Crippen molar-refractivity contribution in [3.8, 4) is 0 Å². The molecule has 6 heteroatoms. The highest BCUT2D eigenvalue weighted by Gasteiger charge is 2.18. The molecular weight excluding hydrogens is 292 g/mol. The summed E-state index contributed by atoms with van der Waals surface area (Å²) in [5, 5.41) is 7.92. The molecule has 0 spiro atoms. The summed E-state index contributed by atoms with van der Waals surface area (Å²) >= 11 is 0. The fourth-order valence-electron chi connectivity index (χ4n) is 3.22. The number of amides is 1. The minimum absolute atomic E-state index is 0.00924. The number of benzene rings is 1. The summed E-state index contributed by atoms with van der Waals surface area (Å²) < 4.78 is 1.56. The lowest BCUT2D eigenvalue weighted by atomic mass is 10.1. The molecule has 0 saturated carbocycles. The first-order valence-corrected chi connectivity index (χ1v) is 7.66. The quantitative estimate of drug-likeness (QED) is 0.775. The van der Waals surface area contributed by atoms with Crippen LogP contribution in [-0.2, 0) is 24.2 Å². The van der Waals surface area contributed by atoms with E-state index in [1.54, 1.807) is 23.1 Å². The topological polar surface area (TPSA) is 79.8 Å². The van der Waals surface area contributed by atoms with Crippen LogP contribution in [0, 0.1) is 0 Å². The third kappa shape index (κ3) is 2.52. The highest BCUT2D eigenvalue weighted by atomic mass is 16.2. The Bertz CT molecular complexity index is 941. The Kier molecular flexibility index (Phi) is 3.22. The van der Waals surface area contributed by atoms with Gasteiger partial charge in [0.25, 0.3) is 5.56 Å². The number of anilines is 1. The predicted octanol–water partition coefficient (Wildman–Crippen LogP) is 1.85. The molecule has 0 fully saturated rings. The highest BCUT2D eigenvalue weighted by Crippen LogP contribution is 2.27. The molecule has 0 atom stereocenters. The molecule has 2 aromatic heterocycles. The maximum Gasteiger partial charge on any atom is 0.251 e. The minimum atomic E-state index is -0.156. The van der Waals surface area contributed by atoms with Crippen molar-refractivity contribution < 1.29 is 4.79 Å². The Balaban J connectivity index is 1.63. The smallest absolute Gasteiger partial charge is 0.251 e. The Hall–Kier alpha value is -2.89. The molecule has 23 heavy (non-hydrogen) atoms. The van der Waals surface area contributed by atoms with E-state index in [0.717, 1.165) is 41.3 Å². The molecule has 1 aliphatic rings. The van der Waals surface area contributed by atoms with Crippen LogP contribution >= 0.6 is 0 Å². The van der Waals surface area contributed by atoms with Gasteiger partial charge in [-0.3, -0.25) is 14.3 Å². The van der Waals surface area contributed by atoms with Gasteiger partial charge in [0.15, 0.2) is 0 Å². The number of fused-ring (bicyclic) bond motifs is 3. The van der Waals surface area contributed by atoms with E-state index in [9.17, 15) is 9.59 Å². The standard InChI is InChI=1S/C17H16N4O2/c22-16(10-21-8-2-7-18-21)19-11-5-6-13-12-3-1-4-14(12)17(23)20-15(13)9-11/h2,5-9H,1,3-4,10H2,(H,19,22)(H,20,23). The number of pyridine rings is 1. The monoisotopic (exact) mass is 308 g/mol. The largest absolute Gasteiger partial charge is 0.324 e. The lowest BCUT2D eigenvalue weighted by Crippen LogP contribution is -2.19. The molecule has 4 rings (SSSR count). The van der Waals surface area contributed by atoms with Crippen molar-refractivity contribution in [3.05, 3.63) is 58.1 Å². The van der Waals surface area contributed by atoms with Gasteiger partial charge in [0.05, 0.1) is 5.52 Å². The molecular formula is C17H16N4O2. The van der Waals surface area contributed by atoms with Crippen LogP contribution in [0.4, 0.5) is 5.69 Å². The fraction of sp³-hybridized carbons (Fsp3) is 0.235. The second-order valence-electron chi connectivity index (χ2n) is 5.78. The molecule has 1 aliphatic carbocycles. The summed E-state index contributed by atoms with van der Waals surface area (Å²) in [4.78, 5) is 27.1. The number of H-pyrrole nitrogens is 1. The molecule has 1 aromatic carbocycles. The highest BCUT2D eigenvalue weighted by molar-refractivity contribution is 5.94. The second kappa shape index (κ2) is 5.39. The molecule has 0 saturated heterocycles. The third-order valence-electron chi connectivity index (χ3n) is 4.23. The van der Waals surface area contributed by atoms with Crippen molar-refractivity contribution in [1.82, 2.24) is 14.8 Å². The average Bonchev–Trinajstić information content (AvgIpc) is 3.18. The molecule has 0 aliphatic heterocycles. The van der Waals surface area contributed by atoms with Crippen LogP contribution < -0.4 is 10.9 Å². The maximum atomic E-state index is 12.1. The zero-order valence-electron chi connectivity index (χ0n) is 12.5. The van der Waals surface area contributed by atoms with Crippen molar-refractivity contribution in [3.63, 3.8) is 0 Å². The average molecular weight is 308 g/mol. The van der Waals surface area contributed by atoms with E-state index in [0.29, 0.717) is 5.69 Å². The number of hydrogen-bond donors (Lipinski definition) is 2. The number of carbonyl (C=O) groups excluding carboxylic acids is 1. The van der Waals surface area contributed by atoms with Gasteiger partial charge < -0.3 is 10.3 Å². The summed E-state index contributed by atoms with van der Waals surface area (Å²) in [5.41, 5.74) is 3.49. The Morgan fingerprint density at radius 3 is 3.00 bits per heavy atom. The van der Waals surface area contributed by atoms with Crippen LogP contribution in [0.15, 0.2) is 41.5 Å². The van der Waals surface area contributed by atoms with Crippen molar-refractivity contribution in [2.75, 3.05) is 5.32 Å². The molecule has 0 radical (unpaired) electrons.